The molecule has 1 aliphatic rings. The maximum Gasteiger partial charge on any atom is 0.331 e. The summed E-state index contributed by atoms with van der Waals surface area (Å²) in [7, 11) is 0. The Morgan fingerprint density at radius 2 is 2.19 bits per heavy atom. The smallest absolute Gasteiger partial charge is 0.331 e. The lowest BCUT2D eigenvalue weighted by Crippen LogP contribution is -2.47. The molecule has 0 saturated carbocycles. The fourth-order valence-electron chi connectivity index (χ4n) is 2.01. The minimum Gasteiger partial charge on any atom is -0.394 e. The summed E-state index contributed by atoms with van der Waals surface area (Å²) in [4.78, 5) is 27.1. The Hall–Kier alpha value is -0.530. The lowest BCUT2D eigenvalue weighted by Gasteiger charge is -2.27. The van der Waals surface area contributed by atoms with Crippen LogP contribution in [0.15, 0.2) is 20.8 Å². The van der Waals surface area contributed by atoms with Crippen LogP contribution >= 0.6 is 38.5 Å². The maximum absolute atomic E-state index is 12.0. The van der Waals surface area contributed by atoms with Crippen LogP contribution in [0.5, 0.6) is 0 Å². The van der Waals surface area contributed by atoms with E-state index in [9.17, 15) is 19.8 Å². The Morgan fingerprint density at radius 3 is 2.71 bits per heavy atom. The predicted octanol–water partition coefficient (Wildman–Crippen LogP) is -0.940. The lowest BCUT2D eigenvalue weighted by atomic mass is 10.1. The third-order valence-electron chi connectivity index (χ3n) is 3.11. The number of H-pyrrole nitrogens is 1. The van der Waals surface area contributed by atoms with Crippen LogP contribution in [-0.2, 0) is 8.47 Å². The number of nitrogens with zero attached hydrogens (tertiary/aromatic N) is 1. The van der Waals surface area contributed by atoms with Gasteiger partial charge < -0.3 is 20.1 Å². The van der Waals surface area contributed by atoms with Crippen LogP contribution in [-0.4, -0.2) is 49.8 Å². The predicted molar refractivity (Wildman–Crippen MR) is 85.3 cm³/mol. The highest BCUT2D eigenvalue weighted by molar-refractivity contribution is 14.1. The number of ether oxygens (including phenoxy) is 1. The molecule has 0 aromatic carbocycles. The van der Waals surface area contributed by atoms with Crippen molar-refractivity contribution in [2.45, 2.75) is 22.0 Å². The van der Waals surface area contributed by atoms with Crippen LogP contribution in [0, 0.1) is 0 Å². The summed E-state index contributed by atoms with van der Waals surface area (Å²) in [5.41, 5.74) is -1.25. The molecular weight excluding hydrogens is 463 g/mol. The molecule has 1 aromatic rings. The van der Waals surface area contributed by atoms with Crippen molar-refractivity contribution >= 4 is 44.6 Å². The first-order valence-corrected chi connectivity index (χ1v) is 7.81. The quantitative estimate of drug-likeness (QED) is 0.331. The third-order valence-corrected chi connectivity index (χ3v) is 4.78. The van der Waals surface area contributed by atoms with E-state index in [1.165, 1.54) is 17.3 Å². The summed E-state index contributed by atoms with van der Waals surface area (Å²) < 4.78 is 4.74. The first kappa shape index (κ1) is 16.8. The molecule has 0 bridgehead atoms. The minimum atomic E-state index is -1.64. The number of halogens is 2. The van der Waals surface area contributed by atoms with Gasteiger partial charge in [0.25, 0.3) is 5.56 Å². The van der Waals surface area contributed by atoms with Gasteiger partial charge in [0, 0.05) is 6.20 Å². The van der Waals surface area contributed by atoms with Gasteiger partial charge in [-0.3, -0.25) is 14.3 Å². The van der Waals surface area contributed by atoms with Gasteiger partial charge in [0.2, 0.25) is 3.73 Å². The molecule has 1 fully saturated rings. The zero-order valence-corrected chi connectivity index (χ0v) is 14.2. The molecular formula is C11H12BrIN2O6. The largest absolute Gasteiger partial charge is 0.394 e. The first-order chi connectivity index (χ1) is 9.85. The highest BCUT2D eigenvalue weighted by Gasteiger charge is 2.54. The van der Waals surface area contributed by atoms with Crippen LogP contribution in [0.2, 0.25) is 0 Å². The average molecular weight is 475 g/mol. The molecule has 2 rings (SSSR count). The van der Waals surface area contributed by atoms with Gasteiger partial charge in [0.15, 0.2) is 0 Å². The molecule has 21 heavy (non-hydrogen) atoms. The van der Waals surface area contributed by atoms with E-state index in [0.29, 0.717) is 0 Å². The summed E-state index contributed by atoms with van der Waals surface area (Å²) >= 11 is 4.68. The lowest BCUT2D eigenvalue weighted by molar-refractivity contribution is -0.0689. The molecule has 116 valence electrons. The van der Waals surface area contributed by atoms with Gasteiger partial charge in [-0.2, -0.15) is 0 Å². The van der Waals surface area contributed by atoms with Gasteiger partial charge in [0.05, 0.1) is 12.2 Å². The van der Waals surface area contributed by atoms with Crippen molar-refractivity contribution in [3.8, 4) is 0 Å². The number of nitrogens with one attached hydrogen (secondary N) is 1. The summed E-state index contributed by atoms with van der Waals surface area (Å²) in [6, 6.07) is 0. The molecule has 1 aliphatic heterocycles. The number of aliphatic hydroxyl groups is 3. The van der Waals surface area contributed by atoms with Crippen molar-refractivity contribution in [3.05, 3.63) is 37.6 Å². The van der Waals surface area contributed by atoms with Crippen molar-refractivity contribution < 1.29 is 20.1 Å². The SMILES string of the molecule is O=c1[nH]c(=O)n([C@]2(I)O[C@H](CO)[C@@H](O)[C@H]2O)cc1/C=C/Br. The number of aromatic nitrogens is 2. The summed E-state index contributed by atoms with van der Waals surface area (Å²) in [5, 5.41) is 29.1. The number of rotatable bonds is 3. The molecule has 0 radical (unpaired) electrons. The van der Waals surface area contributed by atoms with Crippen LogP contribution in [0.4, 0.5) is 0 Å². The van der Waals surface area contributed by atoms with E-state index in [4.69, 9.17) is 9.84 Å². The topological polar surface area (TPSA) is 125 Å². The monoisotopic (exact) mass is 474 g/mol. The Balaban J connectivity index is 2.58. The molecule has 4 atom stereocenters. The highest BCUT2D eigenvalue weighted by atomic mass is 127. The fraction of sp³-hybridized carbons (Fsp3) is 0.455. The van der Waals surface area contributed by atoms with Gasteiger partial charge in [-0.15, -0.1) is 0 Å². The fourth-order valence-corrected chi connectivity index (χ4v) is 3.35. The molecule has 0 aliphatic carbocycles. The van der Waals surface area contributed by atoms with E-state index in [1.54, 1.807) is 22.6 Å². The molecule has 8 nitrogen and oxygen atoms in total. The third kappa shape index (κ3) is 2.87. The molecule has 1 aromatic heterocycles. The Labute approximate surface area is 140 Å². The van der Waals surface area contributed by atoms with Gasteiger partial charge in [-0.1, -0.05) is 15.9 Å². The normalized spacial score (nSPS) is 32.9. The molecule has 1 saturated heterocycles. The van der Waals surface area contributed by atoms with Crippen LogP contribution in [0.25, 0.3) is 6.08 Å². The summed E-state index contributed by atoms with van der Waals surface area (Å²) in [6.07, 6.45) is -1.23. The number of aromatic amines is 1. The van der Waals surface area contributed by atoms with Crippen LogP contribution in [0.3, 0.4) is 0 Å². The Morgan fingerprint density at radius 1 is 1.52 bits per heavy atom. The van der Waals surface area contributed by atoms with Crippen molar-refractivity contribution in [3.63, 3.8) is 0 Å². The second-order valence-corrected chi connectivity index (χ2v) is 6.46. The average Bonchev–Trinajstić information content (AvgIpc) is 2.67. The van der Waals surface area contributed by atoms with E-state index < -0.39 is 39.9 Å². The zero-order chi connectivity index (χ0) is 15.8. The second-order valence-electron chi connectivity index (χ2n) is 4.39. The van der Waals surface area contributed by atoms with Crippen molar-refractivity contribution in [1.82, 2.24) is 9.55 Å². The molecule has 0 spiro atoms. The second kappa shape index (κ2) is 6.30. The number of alkyl halides is 1. The summed E-state index contributed by atoms with van der Waals surface area (Å²) in [5.74, 6) is 0. The van der Waals surface area contributed by atoms with Crippen molar-refractivity contribution in [2.75, 3.05) is 6.61 Å². The standard InChI is InChI=1S/C11H12BrIN2O6/c12-2-1-5-3-15(10(20)14-9(5)19)11(13)8(18)7(17)6(4-16)21-11/h1-3,6-8,16-18H,4H2,(H,14,19,20)/b2-1+/t6-,7-,8-,11+/m1/s1. The summed E-state index contributed by atoms with van der Waals surface area (Å²) in [6.45, 7) is -0.519. The first-order valence-electron chi connectivity index (χ1n) is 5.82. The van der Waals surface area contributed by atoms with Crippen LogP contribution in [0.1, 0.15) is 5.56 Å². The Kier molecular flexibility index (Phi) is 5.05. The molecule has 2 heterocycles. The van der Waals surface area contributed by atoms with Gasteiger partial charge >= 0.3 is 5.69 Å². The maximum atomic E-state index is 12.0. The van der Waals surface area contributed by atoms with E-state index in [1.807, 2.05) is 0 Å². The van der Waals surface area contributed by atoms with Gasteiger partial charge in [-0.05, 0) is 33.7 Å². The molecule has 10 heteroatoms. The van der Waals surface area contributed by atoms with Gasteiger partial charge in [-0.25, -0.2) is 4.79 Å². The van der Waals surface area contributed by atoms with Crippen molar-refractivity contribution in [1.29, 1.82) is 0 Å². The molecule has 0 unspecified atom stereocenters. The minimum absolute atomic E-state index is 0.153. The van der Waals surface area contributed by atoms with Gasteiger partial charge in [0.1, 0.15) is 18.3 Å². The zero-order valence-electron chi connectivity index (χ0n) is 10.4. The van der Waals surface area contributed by atoms with E-state index in [0.717, 1.165) is 4.57 Å². The van der Waals surface area contributed by atoms with E-state index in [-0.39, 0.29) is 5.56 Å². The van der Waals surface area contributed by atoms with Crippen LogP contribution < -0.4 is 11.2 Å². The number of hydrogen-bond acceptors (Lipinski definition) is 6. The Bertz CT molecular complexity index is 673. The van der Waals surface area contributed by atoms with E-state index >= 15 is 0 Å². The van der Waals surface area contributed by atoms with Crippen molar-refractivity contribution in [2.24, 2.45) is 0 Å². The number of hydrogen-bond donors (Lipinski definition) is 4. The molecule has 0 amide bonds. The number of aliphatic hydroxyl groups excluding tert-OH is 3. The van der Waals surface area contributed by atoms with E-state index in [2.05, 4.69) is 20.9 Å². The molecule has 4 N–H and O–H groups in total. The highest BCUT2D eigenvalue weighted by Crippen LogP contribution is 2.40.